The lowest BCUT2D eigenvalue weighted by molar-refractivity contribution is 0.180. The minimum Gasteiger partial charge on any atom is -0.387 e. The minimum absolute atomic E-state index is 0.423. The topological polar surface area (TPSA) is 48.9 Å². The predicted molar refractivity (Wildman–Crippen MR) is 72.8 cm³/mol. The van der Waals surface area contributed by atoms with Crippen molar-refractivity contribution in [1.82, 2.24) is 9.97 Å². The Bertz CT molecular complexity index is 480. The van der Waals surface area contributed by atoms with Crippen LogP contribution in [0.4, 0.5) is 0 Å². The molecule has 0 aliphatic heterocycles. The first-order valence-corrected chi connectivity index (χ1v) is 7.42. The summed E-state index contributed by atoms with van der Waals surface area (Å²) in [6.07, 6.45) is 9.97. The van der Waals surface area contributed by atoms with Crippen LogP contribution in [-0.2, 0) is 19.3 Å². The number of imidazole rings is 1. The van der Waals surface area contributed by atoms with Crippen LogP contribution in [0.25, 0.3) is 0 Å². The Morgan fingerprint density at radius 1 is 1.33 bits per heavy atom. The smallest absolute Gasteiger partial charge is 0.108 e. The van der Waals surface area contributed by atoms with Crippen LogP contribution >= 0.6 is 11.3 Å². The molecule has 2 aromatic rings. The number of aryl methyl sites for hydroxylation is 2. The van der Waals surface area contributed by atoms with Crippen molar-refractivity contribution in [3.8, 4) is 0 Å². The van der Waals surface area contributed by atoms with Gasteiger partial charge in [-0.1, -0.05) is 6.42 Å². The van der Waals surface area contributed by atoms with Gasteiger partial charge in [-0.2, -0.15) is 0 Å². The average Bonchev–Trinajstić information content (AvgIpc) is 2.95. The zero-order chi connectivity index (χ0) is 12.4. The number of aromatic nitrogens is 2. The van der Waals surface area contributed by atoms with Gasteiger partial charge >= 0.3 is 0 Å². The van der Waals surface area contributed by atoms with Gasteiger partial charge in [0.05, 0.1) is 6.10 Å². The molecule has 0 amide bonds. The highest BCUT2D eigenvalue weighted by Gasteiger charge is 2.17. The van der Waals surface area contributed by atoms with E-state index in [0.29, 0.717) is 6.42 Å². The molecule has 96 valence electrons. The molecule has 2 N–H and O–H groups in total. The summed E-state index contributed by atoms with van der Waals surface area (Å²) >= 11 is 1.79. The molecule has 0 spiro atoms. The first-order chi connectivity index (χ1) is 8.83. The molecule has 1 unspecified atom stereocenters. The van der Waals surface area contributed by atoms with E-state index in [1.165, 1.54) is 42.5 Å². The van der Waals surface area contributed by atoms with E-state index >= 15 is 0 Å². The standard InChI is InChI=1S/C14H18N2OS/c17-11(9-14-15-6-7-16-14)13-8-10-4-2-1-3-5-12(10)18-13/h6-8,11,17H,1-5,9H2,(H,15,16). The fraction of sp³-hybridized carbons (Fsp3) is 0.500. The van der Waals surface area contributed by atoms with Crippen molar-refractivity contribution in [2.24, 2.45) is 0 Å². The number of hydrogen-bond acceptors (Lipinski definition) is 3. The highest BCUT2D eigenvalue weighted by molar-refractivity contribution is 7.12. The zero-order valence-electron chi connectivity index (χ0n) is 10.4. The van der Waals surface area contributed by atoms with E-state index < -0.39 is 6.10 Å². The number of thiophene rings is 1. The monoisotopic (exact) mass is 262 g/mol. The van der Waals surface area contributed by atoms with Crippen LogP contribution in [0.2, 0.25) is 0 Å². The third kappa shape index (κ3) is 2.49. The lowest BCUT2D eigenvalue weighted by Crippen LogP contribution is -2.01. The summed E-state index contributed by atoms with van der Waals surface area (Å²) in [5.74, 6) is 0.853. The molecule has 2 heterocycles. The van der Waals surface area contributed by atoms with Crippen LogP contribution in [0.5, 0.6) is 0 Å². The van der Waals surface area contributed by atoms with Crippen LogP contribution < -0.4 is 0 Å². The first-order valence-electron chi connectivity index (χ1n) is 6.61. The van der Waals surface area contributed by atoms with Gasteiger partial charge < -0.3 is 10.1 Å². The summed E-state index contributed by atoms with van der Waals surface area (Å²) in [5, 5.41) is 10.3. The van der Waals surface area contributed by atoms with Crippen molar-refractivity contribution in [3.63, 3.8) is 0 Å². The molecule has 3 nitrogen and oxygen atoms in total. The van der Waals surface area contributed by atoms with E-state index in [1.807, 2.05) is 0 Å². The van der Waals surface area contributed by atoms with Crippen molar-refractivity contribution in [2.45, 2.75) is 44.6 Å². The van der Waals surface area contributed by atoms with Gasteiger partial charge in [0.1, 0.15) is 5.82 Å². The number of hydrogen-bond donors (Lipinski definition) is 2. The van der Waals surface area contributed by atoms with Gasteiger partial charge in [-0.3, -0.25) is 0 Å². The molecule has 18 heavy (non-hydrogen) atoms. The number of rotatable bonds is 3. The van der Waals surface area contributed by atoms with E-state index in [-0.39, 0.29) is 0 Å². The summed E-state index contributed by atoms with van der Waals surface area (Å²) in [5.41, 5.74) is 1.46. The van der Waals surface area contributed by atoms with Crippen molar-refractivity contribution >= 4 is 11.3 Å². The molecule has 0 bridgehead atoms. The predicted octanol–water partition coefficient (Wildman–Crippen LogP) is 3.02. The molecule has 0 radical (unpaired) electrons. The summed E-state index contributed by atoms with van der Waals surface area (Å²) < 4.78 is 0. The maximum atomic E-state index is 10.3. The van der Waals surface area contributed by atoms with Gasteiger partial charge in [0.15, 0.2) is 0 Å². The lowest BCUT2D eigenvalue weighted by atomic mass is 10.1. The molecule has 0 aromatic carbocycles. The fourth-order valence-electron chi connectivity index (χ4n) is 2.55. The molecule has 0 saturated carbocycles. The van der Waals surface area contributed by atoms with Gasteiger partial charge in [0.2, 0.25) is 0 Å². The number of aliphatic hydroxyl groups excluding tert-OH is 1. The Morgan fingerprint density at radius 3 is 3.06 bits per heavy atom. The van der Waals surface area contributed by atoms with Gasteiger partial charge in [0.25, 0.3) is 0 Å². The summed E-state index contributed by atoms with van der Waals surface area (Å²) in [6.45, 7) is 0. The Labute approximate surface area is 111 Å². The van der Waals surface area contributed by atoms with Crippen LogP contribution in [-0.4, -0.2) is 15.1 Å². The Kier molecular flexibility index (Phi) is 3.48. The highest BCUT2D eigenvalue weighted by atomic mass is 32.1. The van der Waals surface area contributed by atoms with Crippen LogP contribution in [0.1, 0.15) is 46.5 Å². The van der Waals surface area contributed by atoms with Gasteiger partial charge in [0, 0.05) is 28.6 Å². The Hall–Kier alpha value is -1.13. The third-order valence-corrected chi connectivity index (χ3v) is 4.87. The maximum Gasteiger partial charge on any atom is 0.108 e. The second kappa shape index (κ2) is 5.24. The number of nitrogens with one attached hydrogen (secondary N) is 1. The van der Waals surface area contributed by atoms with Crippen molar-refractivity contribution in [1.29, 1.82) is 0 Å². The quantitative estimate of drug-likeness (QED) is 0.835. The van der Waals surface area contributed by atoms with Gasteiger partial charge in [-0.05, 0) is 37.3 Å². The second-order valence-electron chi connectivity index (χ2n) is 4.91. The number of nitrogens with zero attached hydrogens (tertiary/aromatic N) is 1. The Morgan fingerprint density at radius 2 is 2.22 bits per heavy atom. The molecule has 0 fully saturated rings. The highest BCUT2D eigenvalue weighted by Crippen LogP contribution is 2.33. The Balaban J connectivity index is 1.76. The number of aliphatic hydroxyl groups is 1. The largest absolute Gasteiger partial charge is 0.387 e. The summed E-state index contributed by atoms with van der Waals surface area (Å²) in [6, 6.07) is 2.21. The number of aromatic amines is 1. The van der Waals surface area contributed by atoms with Crippen LogP contribution in [0, 0.1) is 0 Å². The van der Waals surface area contributed by atoms with Crippen molar-refractivity contribution in [3.05, 3.63) is 39.6 Å². The molecule has 1 atom stereocenters. The third-order valence-electron chi connectivity index (χ3n) is 3.54. The minimum atomic E-state index is -0.423. The molecule has 1 aliphatic carbocycles. The summed E-state index contributed by atoms with van der Waals surface area (Å²) in [7, 11) is 0. The van der Waals surface area contributed by atoms with E-state index in [4.69, 9.17) is 0 Å². The average molecular weight is 262 g/mol. The second-order valence-corrected chi connectivity index (χ2v) is 6.08. The lowest BCUT2D eigenvalue weighted by Gasteiger charge is -2.05. The van der Waals surface area contributed by atoms with Crippen LogP contribution in [0.15, 0.2) is 18.5 Å². The fourth-order valence-corrected chi connectivity index (χ4v) is 3.79. The van der Waals surface area contributed by atoms with E-state index in [2.05, 4.69) is 16.0 Å². The van der Waals surface area contributed by atoms with Gasteiger partial charge in [-0.25, -0.2) is 4.98 Å². The SMILES string of the molecule is OC(Cc1ncc[nH]1)c1cc2c(s1)CCCCC2. The molecule has 2 aromatic heterocycles. The molecule has 3 rings (SSSR count). The zero-order valence-corrected chi connectivity index (χ0v) is 11.2. The number of fused-ring (bicyclic) bond motifs is 1. The van der Waals surface area contributed by atoms with Crippen LogP contribution in [0.3, 0.4) is 0 Å². The summed E-state index contributed by atoms with van der Waals surface area (Å²) in [4.78, 5) is 9.79. The molecular formula is C14H18N2OS. The van der Waals surface area contributed by atoms with E-state index in [1.54, 1.807) is 23.7 Å². The molecule has 4 heteroatoms. The van der Waals surface area contributed by atoms with Crippen molar-refractivity contribution < 1.29 is 5.11 Å². The molecular weight excluding hydrogens is 244 g/mol. The van der Waals surface area contributed by atoms with E-state index in [0.717, 1.165) is 10.7 Å². The molecule has 0 saturated heterocycles. The maximum absolute atomic E-state index is 10.3. The number of H-pyrrole nitrogens is 1. The van der Waals surface area contributed by atoms with E-state index in [9.17, 15) is 5.11 Å². The molecule has 1 aliphatic rings. The first kappa shape index (κ1) is 11.9. The van der Waals surface area contributed by atoms with Crippen molar-refractivity contribution in [2.75, 3.05) is 0 Å². The van der Waals surface area contributed by atoms with Gasteiger partial charge in [-0.15, -0.1) is 11.3 Å². The normalized spacial score (nSPS) is 17.2.